The van der Waals surface area contributed by atoms with Crippen LogP contribution in [0.1, 0.15) is 20.7 Å². The van der Waals surface area contributed by atoms with Crippen molar-refractivity contribution in [1.29, 1.82) is 0 Å². The predicted octanol–water partition coefficient (Wildman–Crippen LogP) is 2.12. The number of Topliss-reactive ketones (excluding diaryl/α,β-unsaturated/α-hetero) is 1. The lowest BCUT2D eigenvalue weighted by Crippen LogP contribution is -2.42. The molecule has 122 valence electrons. The van der Waals surface area contributed by atoms with E-state index in [4.69, 9.17) is 9.47 Å². The van der Waals surface area contributed by atoms with Gasteiger partial charge >= 0.3 is 0 Å². The largest absolute Gasteiger partial charge is 0.493 e. The Morgan fingerprint density at radius 1 is 1.29 bits per heavy atom. The number of anilines is 1. The van der Waals surface area contributed by atoms with Crippen LogP contribution in [0.5, 0.6) is 11.5 Å². The molecule has 2 aromatic carbocycles. The van der Waals surface area contributed by atoms with Crippen LogP contribution in [0, 0.1) is 0 Å². The Kier molecular flexibility index (Phi) is 4.29. The first kappa shape index (κ1) is 15.7. The summed E-state index contributed by atoms with van der Waals surface area (Å²) in [4.78, 5) is 37.1. The normalized spacial score (nSPS) is 13.0. The Hall–Kier alpha value is -3.15. The van der Waals surface area contributed by atoms with E-state index in [1.54, 1.807) is 24.3 Å². The zero-order valence-electron chi connectivity index (χ0n) is 13.0. The van der Waals surface area contributed by atoms with Crippen molar-refractivity contribution >= 4 is 23.7 Å². The molecule has 2 aromatic rings. The molecule has 0 aliphatic carbocycles. The monoisotopic (exact) mass is 325 g/mol. The van der Waals surface area contributed by atoms with Crippen LogP contribution >= 0.6 is 0 Å². The number of benzene rings is 2. The van der Waals surface area contributed by atoms with Crippen molar-refractivity contribution < 1.29 is 23.9 Å². The first-order valence-corrected chi connectivity index (χ1v) is 7.32. The van der Waals surface area contributed by atoms with E-state index in [0.717, 1.165) is 0 Å². The second-order valence-electron chi connectivity index (χ2n) is 5.25. The van der Waals surface area contributed by atoms with Gasteiger partial charge in [0.05, 0.1) is 19.3 Å². The fourth-order valence-electron chi connectivity index (χ4n) is 2.55. The van der Waals surface area contributed by atoms with E-state index in [1.807, 2.05) is 6.07 Å². The number of aldehydes is 1. The van der Waals surface area contributed by atoms with Crippen LogP contribution in [0.15, 0.2) is 42.5 Å². The lowest BCUT2D eigenvalue weighted by atomic mass is 10.1. The molecular weight excluding hydrogens is 310 g/mol. The molecule has 1 aliphatic rings. The van der Waals surface area contributed by atoms with Crippen molar-refractivity contribution in [3.63, 3.8) is 0 Å². The number of nitrogens with zero attached hydrogens (tertiary/aromatic N) is 1. The van der Waals surface area contributed by atoms with Crippen LogP contribution in [0.2, 0.25) is 0 Å². The Bertz CT molecular complexity index is 801. The van der Waals surface area contributed by atoms with E-state index in [2.05, 4.69) is 0 Å². The summed E-state index contributed by atoms with van der Waals surface area (Å²) in [6.45, 7) is -0.323. The van der Waals surface area contributed by atoms with E-state index in [0.29, 0.717) is 34.6 Å². The molecule has 3 rings (SSSR count). The number of ether oxygens (including phenoxy) is 2. The molecule has 0 aromatic heterocycles. The van der Waals surface area contributed by atoms with Gasteiger partial charge in [0.25, 0.3) is 5.91 Å². The predicted molar refractivity (Wildman–Crippen MR) is 87.0 cm³/mol. The third-order valence-electron chi connectivity index (χ3n) is 3.74. The maximum Gasteiger partial charge on any atom is 0.265 e. The van der Waals surface area contributed by atoms with Gasteiger partial charge < -0.3 is 9.47 Å². The van der Waals surface area contributed by atoms with E-state index in [9.17, 15) is 14.4 Å². The number of fused-ring (bicyclic) bond motifs is 1. The Balaban J connectivity index is 1.99. The third kappa shape index (κ3) is 2.86. The molecule has 0 N–H and O–H groups in total. The maximum atomic E-state index is 12.4. The lowest BCUT2D eigenvalue weighted by molar-refractivity contribution is -0.121. The molecule has 0 saturated heterocycles. The molecule has 1 aliphatic heterocycles. The van der Waals surface area contributed by atoms with E-state index < -0.39 is 0 Å². The Morgan fingerprint density at radius 2 is 2.04 bits per heavy atom. The fraction of sp³-hybridized carbons (Fsp3) is 0.167. The minimum Gasteiger partial charge on any atom is -0.493 e. The summed E-state index contributed by atoms with van der Waals surface area (Å²) in [5.74, 6) is 0.145. The average Bonchev–Trinajstić information content (AvgIpc) is 2.63. The number of methoxy groups -OCH3 is 1. The molecule has 0 bridgehead atoms. The topological polar surface area (TPSA) is 72.9 Å². The summed E-state index contributed by atoms with van der Waals surface area (Å²) in [7, 11) is 1.45. The van der Waals surface area contributed by atoms with Gasteiger partial charge in [-0.25, -0.2) is 0 Å². The van der Waals surface area contributed by atoms with E-state index in [1.165, 1.54) is 24.1 Å². The van der Waals surface area contributed by atoms with E-state index in [-0.39, 0.29) is 24.8 Å². The molecule has 1 amide bonds. The van der Waals surface area contributed by atoms with Gasteiger partial charge in [-0.1, -0.05) is 30.3 Å². The van der Waals surface area contributed by atoms with Gasteiger partial charge in [-0.05, 0) is 12.1 Å². The van der Waals surface area contributed by atoms with Gasteiger partial charge in [-0.2, -0.15) is 0 Å². The molecule has 6 nitrogen and oxygen atoms in total. The SMILES string of the molecule is COc1cc(C=O)cc2c1OCC(=O)N2CC(=O)c1ccccc1. The Labute approximate surface area is 138 Å². The van der Waals surface area contributed by atoms with Crippen LogP contribution in [0.25, 0.3) is 0 Å². The minimum absolute atomic E-state index is 0.134. The smallest absolute Gasteiger partial charge is 0.265 e. The molecule has 0 radical (unpaired) electrons. The second kappa shape index (κ2) is 6.54. The summed E-state index contributed by atoms with van der Waals surface area (Å²) in [5, 5.41) is 0. The van der Waals surface area contributed by atoms with Crippen molar-refractivity contribution in [2.75, 3.05) is 25.2 Å². The highest BCUT2D eigenvalue weighted by Gasteiger charge is 2.30. The molecule has 24 heavy (non-hydrogen) atoms. The van der Waals surface area contributed by atoms with Gasteiger partial charge in [0.15, 0.2) is 23.9 Å². The summed E-state index contributed by atoms with van der Waals surface area (Å²) in [6, 6.07) is 11.8. The molecule has 1 heterocycles. The summed E-state index contributed by atoms with van der Waals surface area (Å²) >= 11 is 0. The van der Waals surface area contributed by atoms with Gasteiger partial charge in [0, 0.05) is 11.1 Å². The maximum absolute atomic E-state index is 12.4. The third-order valence-corrected chi connectivity index (χ3v) is 3.74. The standard InChI is InChI=1S/C18H15NO5/c1-23-16-8-12(10-20)7-14-18(16)24-11-17(22)19(14)9-15(21)13-5-3-2-4-6-13/h2-8,10H,9,11H2,1H3. The second-order valence-corrected chi connectivity index (χ2v) is 5.25. The van der Waals surface area contributed by atoms with Gasteiger partial charge in [0.2, 0.25) is 0 Å². The zero-order chi connectivity index (χ0) is 17.1. The van der Waals surface area contributed by atoms with Crippen molar-refractivity contribution in [3.05, 3.63) is 53.6 Å². The average molecular weight is 325 g/mol. The number of carbonyl (C=O) groups excluding carboxylic acids is 3. The van der Waals surface area contributed by atoms with Gasteiger partial charge in [-0.3, -0.25) is 19.3 Å². The molecule has 6 heteroatoms. The first-order valence-electron chi connectivity index (χ1n) is 7.32. The summed E-state index contributed by atoms with van der Waals surface area (Å²) < 4.78 is 10.7. The number of hydrogen-bond donors (Lipinski definition) is 0. The van der Waals surface area contributed by atoms with Crippen LogP contribution < -0.4 is 14.4 Å². The highest BCUT2D eigenvalue weighted by molar-refractivity contribution is 6.08. The van der Waals surface area contributed by atoms with Crippen LogP contribution in [0.3, 0.4) is 0 Å². The molecule has 0 atom stereocenters. The highest BCUT2D eigenvalue weighted by Crippen LogP contribution is 2.41. The molecular formula is C18H15NO5. The number of hydrogen-bond acceptors (Lipinski definition) is 5. The first-order chi connectivity index (χ1) is 11.6. The molecule has 0 saturated carbocycles. The van der Waals surface area contributed by atoms with Crippen molar-refractivity contribution in [3.8, 4) is 11.5 Å². The van der Waals surface area contributed by atoms with Crippen molar-refractivity contribution in [1.82, 2.24) is 0 Å². The van der Waals surface area contributed by atoms with Crippen molar-refractivity contribution in [2.45, 2.75) is 0 Å². The zero-order valence-corrected chi connectivity index (χ0v) is 13.0. The Morgan fingerprint density at radius 3 is 2.71 bits per heavy atom. The number of ketones is 1. The van der Waals surface area contributed by atoms with Crippen LogP contribution in [-0.2, 0) is 4.79 Å². The fourth-order valence-corrected chi connectivity index (χ4v) is 2.55. The van der Waals surface area contributed by atoms with Gasteiger partial charge in [-0.15, -0.1) is 0 Å². The number of rotatable bonds is 5. The number of amides is 1. The lowest BCUT2D eigenvalue weighted by Gasteiger charge is -2.30. The van der Waals surface area contributed by atoms with Gasteiger partial charge in [0.1, 0.15) is 6.29 Å². The van der Waals surface area contributed by atoms with Crippen LogP contribution in [-0.4, -0.2) is 38.2 Å². The van der Waals surface area contributed by atoms with Crippen LogP contribution in [0.4, 0.5) is 5.69 Å². The van der Waals surface area contributed by atoms with E-state index >= 15 is 0 Å². The molecule has 0 fully saturated rings. The summed E-state index contributed by atoms with van der Waals surface area (Å²) in [6.07, 6.45) is 0.652. The minimum atomic E-state index is -0.350. The number of carbonyl (C=O) groups is 3. The highest BCUT2D eigenvalue weighted by atomic mass is 16.5. The van der Waals surface area contributed by atoms with Crippen molar-refractivity contribution in [2.24, 2.45) is 0 Å². The molecule has 0 spiro atoms. The quantitative estimate of drug-likeness (QED) is 0.622. The summed E-state index contributed by atoms with van der Waals surface area (Å²) in [5.41, 5.74) is 1.20. The molecule has 0 unspecified atom stereocenters.